The molecule has 0 spiro atoms. The van der Waals surface area contributed by atoms with Gasteiger partial charge < -0.3 is 5.32 Å². The molecular weight excluding hydrogens is 300 g/mol. The molecule has 2 unspecified atom stereocenters. The van der Waals surface area contributed by atoms with Gasteiger partial charge in [0.25, 0.3) is 0 Å². The molecule has 2 aromatic rings. The smallest absolute Gasteiger partial charge is 0.161 e. The maximum Gasteiger partial charge on any atom is 0.161 e. The predicted octanol–water partition coefficient (Wildman–Crippen LogP) is 3.88. The van der Waals surface area contributed by atoms with Crippen LogP contribution in [0.5, 0.6) is 0 Å². The van der Waals surface area contributed by atoms with Crippen molar-refractivity contribution < 1.29 is 0 Å². The fraction of sp³-hybridized carbons (Fsp3) is 0.417. The van der Waals surface area contributed by atoms with Crippen LogP contribution in [0.15, 0.2) is 17.1 Å². The summed E-state index contributed by atoms with van der Waals surface area (Å²) in [7, 11) is 0. The van der Waals surface area contributed by atoms with Crippen LogP contribution in [-0.4, -0.2) is 25.7 Å². The summed E-state index contributed by atoms with van der Waals surface area (Å²) < 4.78 is 8.52. The highest BCUT2D eigenvalue weighted by Gasteiger charge is 2.20. The van der Waals surface area contributed by atoms with E-state index in [1.807, 2.05) is 12.1 Å². The Morgan fingerprint density at radius 1 is 1.32 bits per heavy atom. The molecule has 0 aliphatic carbocycles. The third-order valence-corrected chi connectivity index (χ3v) is 5.27. The SMILES string of the molecule is CC1CSC(Nc2c(Cl)ccc3nsnc23)=NC1C. The highest BCUT2D eigenvalue weighted by molar-refractivity contribution is 8.14. The average Bonchev–Trinajstić information content (AvgIpc) is 2.86. The number of thioether (sulfide) groups is 1. The summed E-state index contributed by atoms with van der Waals surface area (Å²) in [6, 6.07) is 4.05. The van der Waals surface area contributed by atoms with Crippen molar-refractivity contribution in [3.8, 4) is 0 Å². The molecular formula is C12H13ClN4S2. The molecule has 0 saturated heterocycles. The van der Waals surface area contributed by atoms with Crippen molar-refractivity contribution in [2.24, 2.45) is 10.9 Å². The van der Waals surface area contributed by atoms with Gasteiger partial charge in [-0.15, -0.1) is 0 Å². The maximum absolute atomic E-state index is 6.25. The van der Waals surface area contributed by atoms with E-state index in [4.69, 9.17) is 11.6 Å². The van der Waals surface area contributed by atoms with Gasteiger partial charge in [-0.2, -0.15) is 8.75 Å². The Labute approximate surface area is 125 Å². The summed E-state index contributed by atoms with van der Waals surface area (Å²) in [4.78, 5) is 4.66. The lowest BCUT2D eigenvalue weighted by Gasteiger charge is -2.23. The molecule has 7 heteroatoms. The highest BCUT2D eigenvalue weighted by atomic mass is 35.5. The highest BCUT2D eigenvalue weighted by Crippen LogP contribution is 2.32. The topological polar surface area (TPSA) is 50.2 Å². The standard InChI is InChI=1S/C12H13ClN4S2/c1-6-5-18-12(14-7(6)2)15-10-8(13)3-4-9-11(10)17-19-16-9/h3-4,6-7H,5H2,1-2H3,(H,14,15). The van der Waals surface area contributed by atoms with Crippen LogP contribution in [0, 0.1) is 5.92 Å². The molecule has 1 aromatic carbocycles. The first-order chi connectivity index (χ1) is 9.15. The minimum Gasteiger partial charge on any atom is -0.332 e. The zero-order valence-electron chi connectivity index (χ0n) is 10.6. The van der Waals surface area contributed by atoms with Crippen LogP contribution in [0.1, 0.15) is 13.8 Å². The number of amidine groups is 1. The molecule has 2 heterocycles. The minimum absolute atomic E-state index is 0.329. The van der Waals surface area contributed by atoms with Crippen molar-refractivity contribution in [1.29, 1.82) is 0 Å². The fourth-order valence-electron chi connectivity index (χ4n) is 1.82. The van der Waals surface area contributed by atoms with Gasteiger partial charge in [0.2, 0.25) is 0 Å². The van der Waals surface area contributed by atoms with Crippen molar-refractivity contribution in [3.05, 3.63) is 17.2 Å². The number of hydrogen-bond donors (Lipinski definition) is 1. The lowest BCUT2D eigenvalue weighted by atomic mass is 10.1. The van der Waals surface area contributed by atoms with Gasteiger partial charge >= 0.3 is 0 Å². The van der Waals surface area contributed by atoms with Crippen LogP contribution in [0.4, 0.5) is 5.69 Å². The number of fused-ring (bicyclic) bond motifs is 1. The summed E-state index contributed by atoms with van der Waals surface area (Å²) in [5, 5.41) is 4.87. The van der Waals surface area contributed by atoms with Crippen molar-refractivity contribution >= 4 is 57.0 Å². The summed E-state index contributed by atoms with van der Waals surface area (Å²) >= 11 is 9.17. The number of anilines is 1. The number of aromatic nitrogens is 2. The number of aliphatic imine (C=N–C) groups is 1. The number of benzene rings is 1. The predicted molar refractivity (Wildman–Crippen MR) is 84.6 cm³/mol. The molecule has 19 heavy (non-hydrogen) atoms. The Bertz CT molecular complexity index is 640. The molecule has 1 N–H and O–H groups in total. The summed E-state index contributed by atoms with van der Waals surface area (Å²) in [5.41, 5.74) is 2.48. The molecule has 3 rings (SSSR count). The van der Waals surface area contributed by atoms with E-state index in [0.717, 1.165) is 27.6 Å². The normalized spacial score (nSPS) is 23.4. The lowest BCUT2D eigenvalue weighted by Crippen LogP contribution is -2.25. The maximum atomic E-state index is 6.25. The van der Waals surface area contributed by atoms with Crippen molar-refractivity contribution in [1.82, 2.24) is 8.75 Å². The van der Waals surface area contributed by atoms with E-state index in [1.165, 1.54) is 11.7 Å². The number of rotatable bonds is 1. The Balaban J connectivity index is 1.95. The van der Waals surface area contributed by atoms with E-state index in [0.29, 0.717) is 17.0 Å². The molecule has 1 aliphatic rings. The molecule has 1 aromatic heterocycles. The second-order valence-electron chi connectivity index (χ2n) is 4.64. The van der Waals surface area contributed by atoms with Crippen molar-refractivity contribution in [3.63, 3.8) is 0 Å². The molecule has 100 valence electrons. The Morgan fingerprint density at radius 3 is 2.95 bits per heavy atom. The number of halogens is 1. The molecule has 2 atom stereocenters. The summed E-state index contributed by atoms with van der Waals surface area (Å²) in [6.45, 7) is 4.36. The quantitative estimate of drug-likeness (QED) is 0.868. The van der Waals surface area contributed by atoms with Gasteiger partial charge in [0.05, 0.1) is 28.5 Å². The molecule has 1 aliphatic heterocycles. The number of nitrogens with zero attached hydrogens (tertiary/aromatic N) is 3. The van der Waals surface area contributed by atoms with Gasteiger partial charge in [-0.25, -0.2) is 0 Å². The van der Waals surface area contributed by atoms with Gasteiger partial charge in [0, 0.05) is 5.75 Å². The minimum atomic E-state index is 0.329. The summed E-state index contributed by atoms with van der Waals surface area (Å²) in [6.07, 6.45) is 0. The van der Waals surface area contributed by atoms with Crippen LogP contribution in [0.2, 0.25) is 5.02 Å². The zero-order chi connectivity index (χ0) is 13.4. The first-order valence-corrected chi connectivity index (χ1v) is 8.13. The second-order valence-corrected chi connectivity index (χ2v) is 6.59. The first kappa shape index (κ1) is 13.1. The van der Waals surface area contributed by atoms with E-state index in [1.54, 1.807) is 11.8 Å². The lowest BCUT2D eigenvalue weighted by molar-refractivity contribution is 0.537. The zero-order valence-corrected chi connectivity index (χ0v) is 12.9. The van der Waals surface area contributed by atoms with Gasteiger partial charge in [-0.1, -0.05) is 30.3 Å². The largest absolute Gasteiger partial charge is 0.332 e. The Hall–Kier alpha value is -0.850. The first-order valence-electron chi connectivity index (χ1n) is 6.03. The average molecular weight is 313 g/mol. The van der Waals surface area contributed by atoms with Crippen LogP contribution in [-0.2, 0) is 0 Å². The number of nitrogens with one attached hydrogen (secondary N) is 1. The van der Waals surface area contributed by atoms with Crippen molar-refractivity contribution in [2.75, 3.05) is 11.1 Å². The Morgan fingerprint density at radius 2 is 2.16 bits per heavy atom. The van der Waals surface area contributed by atoms with Gasteiger partial charge in [0.1, 0.15) is 11.0 Å². The van der Waals surface area contributed by atoms with Gasteiger partial charge in [0.15, 0.2) is 5.17 Å². The second kappa shape index (κ2) is 5.26. The summed E-state index contributed by atoms with van der Waals surface area (Å²) in [5.74, 6) is 1.67. The molecule has 0 amide bonds. The third-order valence-electron chi connectivity index (χ3n) is 3.24. The van der Waals surface area contributed by atoms with Crippen LogP contribution in [0.25, 0.3) is 11.0 Å². The third kappa shape index (κ3) is 2.57. The van der Waals surface area contributed by atoms with Crippen LogP contribution < -0.4 is 5.32 Å². The fourth-order valence-corrected chi connectivity index (χ4v) is 3.68. The molecule has 0 fully saturated rings. The van der Waals surface area contributed by atoms with Crippen LogP contribution >= 0.6 is 35.1 Å². The molecule has 0 radical (unpaired) electrons. The van der Waals surface area contributed by atoms with E-state index >= 15 is 0 Å². The van der Waals surface area contributed by atoms with Crippen LogP contribution in [0.3, 0.4) is 0 Å². The van der Waals surface area contributed by atoms with E-state index in [-0.39, 0.29) is 0 Å². The van der Waals surface area contributed by atoms with Gasteiger partial charge in [-0.3, -0.25) is 4.99 Å². The van der Waals surface area contributed by atoms with Gasteiger partial charge in [-0.05, 0) is 25.0 Å². The molecule has 0 saturated carbocycles. The van der Waals surface area contributed by atoms with E-state index < -0.39 is 0 Å². The molecule has 4 nitrogen and oxygen atoms in total. The van der Waals surface area contributed by atoms with Crippen molar-refractivity contribution in [2.45, 2.75) is 19.9 Å². The monoisotopic (exact) mass is 312 g/mol. The van der Waals surface area contributed by atoms with E-state index in [2.05, 4.69) is 32.9 Å². The number of hydrogen-bond acceptors (Lipinski definition) is 6. The molecule has 0 bridgehead atoms. The van der Waals surface area contributed by atoms with E-state index in [9.17, 15) is 0 Å². The Kier molecular flexibility index (Phi) is 3.64.